The van der Waals surface area contributed by atoms with Crippen molar-refractivity contribution in [1.29, 1.82) is 0 Å². The zero-order chi connectivity index (χ0) is 22.1. The van der Waals surface area contributed by atoms with E-state index in [0.717, 1.165) is 6.54 Å². The van der Waals surface area contributed by atoms with Gasteiger partial charge in [-0.3, -0.25) is 9.69 Å². The molecule has 0 atom stereocenters. The predicted octanol–water partition coefficient (Wildman–Crippen LogP) is 4.98. The van der Waals surface area contributed by atoms with Gasteiger partial charge in [0.2, 0.25) is 5.91 Å². The molecule has 2 rings (SSSR count). The molecule has 0 saturated heterocycles. The van der Waals surface area contributed by atoms with Crippen molar-refractivity contribution < 1.29 is 18.7 Å². The smallest absolute Gasteiger partial charge is 0.248 e. The number of hydrogen-bond donors (Lipinski definition) is 1. The highest BCUT2D eigenvalue weighted by molar-refractivity contribution is 6.02. The van der Waals surface area contributed by atoms with E-state index in [1.54, 1.807) is 43.5 Å². The summed E-state index contributed by atoms with van der Waals surface area (Å²) in [5.41, 5.74) is 1.20. The third-order valence-electron chi connectivity index (χ3n) is 4.64. The van der Waals surface area contributed by atoms with Crippen LogP contribution >= 0.6 is 0 Å². The Balaban J connectivity index is 2.01. The molecule has 5 nitrogen and oxygen atoms in total. The first-order valence-corrected chi connectivity index (χ1v) is 10.1. The van der Waals surface area contributed by atoms with Crippen molar-refractivity contribution in [3.8, 4) is 11.5 Å². The summed E-state index contributed by atoms with van der Waals surface area (Å²) in [6, 6.07) is 12.1. The first kappa shape index (κ1) is 23.4. The molecule has 2 aromatic carbocycles. The van der Waals surface area contributed by atoms with E-state index in [1.165, 1.54) is 18.2 Å². The average molecular weight is 415 g/mol. The molecule has 0 fully saturated rings. The summed E-state index contributed by atoms with van der Waals surface area (Å²) >= 11 is 0. The fraction of sp³-hybridized carbons (Fsp3) is 0.375. The van der Waals surface area contributed by atoms with E-state index >= 15 is 0 Å². The summed E-state index contributed by atoms with van der Waals surface area (Å²) in [4.78, 5) is 14.6. The van der Waals surface area contributed by atoms with Gasteiger partial charge in [0, 0.05) is 36.5 Å². The summed E-state index contributed by atoms with van der Waals surface area (Å²) in [6.45, 7) is 9.93. The molecule has 162 valence electrons. The van der Waals surface area contributed by atoms with Crippen LogP contribution in [0.4, 0.5) is 10.1 Å². The van der Waals surface area contributed by atoms with Crippen LogP contribution in [-0.4, -0.2) is 43.2 Å². The van der Waals surface area contributed by atoms with Gasteiger partial charge >= 0.3 is 0 Å². The van der Waals surface area contributed by atoms with Gasteiger partial charge in [-0.25, -0.2) is 4.39 Å². The van der Waals surface area contributed by atoms with Gasteiger partial charge < -0.3 is 14.8 Å². The second kappa shape index (κ2) is 11.4. The lowest BCUT2D eigenvalue weighted by molar-refractivity contribution is -0.111. The van der Waals surface area contributed by atoms with Crippen LogP contribution in [-0.2, 0) is 4.79 Å². The minimum absolute atomic E-state index is 0.318. The van der Waals surface area contributed by atoms with Gasteiger partial charge in [0.1, 0.15) is 12.4 Å². The first-order valence-electron chi connectivity index (χ1n) is 10.1. The van der Waals surface area contributed by atoms with Crippen molar-refractivity contribution in [2.75, 3.05) is 25.6 Å². The summed E-state index contributed by atoms with van der Waals surface area (Å²) in [7, 11) is 1.58. The molecule has 1 amide bonds. The molecule has 0 spiro atoms. The molecule has 1 N–H and O–H groups in total. The van der Waals surface area contributed by atoms with Gasteiger partial charge in [-0.05, 0) is 63.6 Å². The lowest BCUT2D eigenvalue weighted by Gasteiger charge is -2.30. The third-order valence-corrected chi connectivity index (χ3v) is 4.64. The molecule has 0 radical (unpaired) electrons. The van der Waals surface area contributed by atoms with Crippen LogP contribution in [0.25, 0.3) is 6.08 Å². The molecular weight excluding hydrogens is 383 g/mol. The van der Waals surface area contributed by atoms with Crippen LogP contribution in [0.5, 0.6) is 11.5 Å². The summed E-state index contributed by atoms with van der Waals surface area (Å²) in [6.07, 6.45) is 2.93. The Morgan fingerprint density at radius 2 is 1.83 bits per heavy atom. The summed E-state index contributed by atoms with van der Waals surface area (Å²) < 4.78 is 24.6. The second-order valence-corrected chi connectivity index (χ2v) is 7.52. The van der Waals surface area contributed by atoms with Crippen molar-refractivity contribution in [3.63, 3.8) is 0 Å². The van der Waals surface area contributed by atoms with E-state index in [-0.39, 0.29) is 11.7 Å². The maximum Gasteiger partial charge on any atom is 0.248 e. The Morgan fingerprint density at radius 3 is 2.47 bits per heavy atom. The number of carbonyl (C=O) groups is 1. The number of methoxy groups -OCH3 is 1. The number of carbonyl (C=O) groups excluding carboxylic acids is 1. The molecule has 0 bridgehead atoms. The van der Waals surface area contributed by atoms with E-state index in [0.29, 0.717) is 41.4 Å². The third kappa shape index (κ3) is 7.19. The van der Waals surface area contributed by atoms with Crippen LogP contribution in [0.2, 0.25) is 0 Å². The minimum Gasteiger partial charge on any atom is -0.493 e. The number of amides is 1. The van der Waals surface area contributed by atoms with Crippen LogP contribution in [0.3, 0.4) is 0 Å². The van der Waals surface area contributed by atoms with Crippen molar-refractivity contribution in [2.24, 2.45) is 0 Å². The molecule has 0 aliphatic rings. The fourth-order valence-corrected chi connectivity index (χ4v) is 3.21. The zero-order valence-electron chi connectivity index (χ0n) is 18.3. The Bertz CT molecular complexity index is 857. The van der Waals surface area contributed by atoms with Gasteiger partial charge in [0.05, 0.1) is 7.11 Å². The van der Waals surface area contributed by atoms with Crippen molar-refractivity contribution >= 4 is 17.7 Å². The summed E-state index contributed by atoms with van der Waals surface area (Å²) in [5, 5.41) is 2.79. The number of nitrogens with one attached hydrogen (secondary N) is 1. The second-order valence-electron chi connectivity index (χ2n) is 7.52. The van der Waals surface area contributed by atoms with E-state index in [2.05, 4.69) is 37.9 Å². The molecule has 0 aromatic heterocycles. The Hall–Kier alpha value is -2.86. The fourth-order valence-electron chi connectivity index (χ4n) is 3.21. The van der Waals surface area contributed by atoms with Gasteiger partial charge in [-0.2, -0.15) is 0 Å². The number of benzene rings is 2. The van der Waals surface area contributed by atoms with Gasteiger partial charge in [-0.1, -0.05) is 12.1 Å². The van der Waals surface area contributed by atoms with E-state index in [1.807, 2.05) is 0 Å². The molecular formula is C24H31FN2O3. The van der Waals surface area contributed by atoms with Gasteiger partial charge in [0.15, 0.2) is 11.5 Å². The molecule has 30 heavy (non-hydrogen) atoms. The SMILES string of the molecule is COc1ccc(NC(=O)/C=C/c2cccc(F)c2)cc1OCCN(C(C)C)C(C)C. The Kier molecular flexibility index (Phi) is 8.87. The molecule has 2 aromatic rings. The normalized spacial score (nSPS) is 11.5. The molecule has 0 unspecified atom stereocenters. The number of ether oxygens (including phenoxy) is 2. The van der Waals surface area contributed by atoms with Crippen molar-refractivity contribution in [2.45, 2.75) is 39.8 Å². The number of nitrogens with zero attached hydrogens (tertiary/aromatic N) is 1. The highest BCUT2D eigenvalue weighted by atomic mass is 19.1. The van der Waals surface area contributed by atoms with Crippen molar-refractivity contribution in [3.05, 3.63) is 59.9 Å². The Labute approximate surface area is 178 Å². The standard InChI is InChI=1S/C24H31FN2O3/c1-17(2)27(18(3)4)13-14-30-23-16-21(10-11-22(23)29-5)26-24(28)12-9-19-7-6-8-20(25)15-19/h6-12,15-18H,13-14H2,1-5H3,(H,26,28)/b12-9+. The monoisotopic (exact) mass is 414 g/mol. The first-order chi connectivity index (χ1) is 14.3. The topological polar surface area (TPSA) is 50.8 Å². The van der Waals surface area contributed by atoms with Gasteiger partial charge in [0.25, 0.3) is 0 Å². The largest absolute Gasteiger partial charge is 0.493 e. The zero-order valence-corrected chi connectivity index (χ0v) is 18.3. The maximum absolute atomic E-state index is 13.2. The van der Waals surface area contributed by atoms with E-state index in [4.69, 9.17) is 9.47 Å². The van der Waals surface area contributed by atoms with E-state index < -0.39 is 0 Å². The van der Waals surface area contributed by atoms with E-state index in [9.17, 15) is 9.18 Å². The van der Waals surface area contributed by atoms with Crippen molar-refractivity contribution in [1.82, 2.24) is 4.90 Å². The quantitative estimate of drug-likeness (QED) is 0.557. The number of hydrogen-bond acceptors (Lipinski definition) is 4. The highest BCUT2D eigenvalue weighted by Gasteiger charge is 2.14. The lowest BCUT2D eigenvalue weighted by atomic mass is 10.2. The number of halogens is 1. The van der Waals surface area contributed by atoms with Crippen LogP contribution in [0.1, 0.15) is 33.3 Å². The molecule has 0 aliphatic heterocycles. The molecule has 6 heteroatoms. The molecule has 0 aliphatic carbocycles. The minimum atomic E-state index is -0.344. The molecule has 0 heterocycles. The predicted molar refractivity (Wildman–Crippen MR) is 120 cm³/mol. The van der Waals surface area contributed by atoms with Crippen LogP contribution in [0, 0.1) is 5.82 Å². The van der Waals surface area contributed by atoms with Crippen LogP contribution in [0.15, 0.2) is 48.5 Å². The lowest BCUT2D eigenvalue weighted by Crippen LogP contribution is -2.39. The summed E-state index contributed by atoms with van der Waals surface area (Å²) in [5.74, 6) is 0.505. The van der Waals surface area contributed by atoms with Gasteiger partial charge in [-0.15, -0.1) is 0 Å². The van der Waals surface area contributed by atoms with Crippen LogP contribution < -0.4 is 14.8 Å². The number of anilines is 1. The highest BCUT2D eigenvalue weighted by Crippen LogP contribution is 2.30. The average Bonchev–Trinajstić information content (AvgIpc) is 2.69. The molecule has 0 saturated carbocycles. The number of rotatable bonds is 10. The maximum atomic E-state index is 13.2. The Morgan fingerprint density at radius 1 is 1.10 bits per heavy atom.